The third kappa shape index (κ3) is 3.15. The summed E-state index contributed by atoms with van der Waals surface area (Å²) in [4.78, 5) is 4.43. The number of aryl methyl sites for hydroxylation is 2. The molecular weight excluding hydrogens is 266 g/mol. The Balaban J connectivity index is 1.96. The maximum Gasteiger partial charge on any atom is 0.0897 e. The summed E-state index contributed by atoms with van der Waals surface area (Å²) in [5, 5.41) is 7.16. The molecule has 0 spiro atoms. The molecule has 5 heteroatoms. The number of nitrogens with one attached hydrogen (secondary N) is 1. The van der Waals surface area contributed by atoms with Crippen molar-refractivity contribution in [1.82, 2.24) is 4.98 Å². The van der Waals surface area contributed by atoms with E-state index in [0.29, 0.717) is 10.7 Å². The molecule has 0 saturated carbocycles. The molecule has 3 N–H and O–H groups in total. The van der Waals surface area contributed by atoms with Gasteiger partial charge in [0.15, 0.2) is 0 Å². The maximum absolute atomic E-state index is 6.01. The molecular formula is C13H16ClN3S. The number of aromatic nitrogens is 1. The van der Waals surface area contributed by atoms with Crippen molar-refractivity contribution < 1.29 is 0 Å². The molecule has 0 unspecified atom stereocenters. The highest BCUT2D eigenvalue weighted by molar-refractivity contribution is 7.09. The molecule has 0 aliphatic rings. The van der Waals surface area contributed by atoms with Crippen LogP contribution >= 0.6 is 22.9 Å². The monoisotopic (exact) mass is 281 g/mol. The van der Waals surface area contributed by atoms with Crippen molar-refractivity contribution >= 4 is 34.3 Å². The number of nitrogens with zero attached hydrogens (tertiary/aromatic N) is 1. The predicted octanol–water partition coefficient (Wildman–Crippen LogP) is 3.65. The highest BCUT2D eigenvalue weighted by Crippen LogP contribution is 2.26. The van der Waals surface area contributed by atoms with E-state index < -0.39 is 0 Å². The molecule has 18 heavy (non-hydrogen) atoms. The van der Waals surface area contributed by atoms with Crippen molar-refractivity contribution in [2.24, 2.45) is 0 Å². The third-order valence-corrected chi connectivity index (χ3v) is 3.86. The van der Waals surface area contributed by atoms with Crippen LogP contribution in [0.3, 0.4) is 0 Å². The number of thiazole rings is 1. The zero-order valence-corrected chi connectivity index (χ0v) is 12.0. The molecule has 1 heterocycles. The van der Waals surface area contributed by atoms with Crippen LogP contribution in [-0.2, 0) is 6.42 Å². The zero-order valence-electron chi connectivity index (χ0n) is 10.5. The van der Waals surface area contributed by atoms with Crippen LogP contribution in [0.2, 0.25) is 5.02 Å². The van der Waals surface area contributed by atoms with Crippen molar-refractivity contribution in [1.29, 1.82) is 0 Å². The van der Waals surface area contributed by atoms with E-state index in [0.717, 1.165) is 34.9 Å². The first-order chi connectivity index (χ1) is 8.56. The average molecular weight is 282 g/mol. The van der Waals surface area contributed by atoms with Crippen molar-refractivity contribution in [3.8, 4) is 0 Å². The molecule has 0 fully saturated rings. The summed E-state index contributed by atoms with van der Waals surface area (Å²) in [7, 11) is 0. The Hall–Kier alpha value is -1.26. The number of halogens is 1. The van der Waals surface area contributed by atoms with Crippen molar-refractivity contribution in [3.05, 3.63) is 38.8 Å². The first-order valence-electron chi connectivity index (χ1n) is 5.77. The van der Waals surface area contributed by atoms with E-state index in [2.05, 4.69) is 15.7 Å². The van der Waals surface area contributed by atoms with Crippen LogP contribution in [0.5, 0.6) is 0 Å². The van der Waals surface area contributed by atoms with Gasteiger partial charge >= 0.3 is 0 Å². The maximum atomic E-state index is 6.01. The minimum absolute atomic E-state index is 0.590. The lowest BCUT2D eigenvalue weighted by Crippen LogP contribution is -2.06. The number of hydrogen-bond donors (Lipinski definition) is 2. The van der Waals surface area contributed by atoms with Crippen molar-refractivity contribution in [3.63, 3.8) is 0 Å². The molecule has 0 aliphatic carbocycles. The van der Waals surface area contributed by atoms with Crippen molar-refractivity contribution in [2.75, 3.05) is 17.6 Å². The third-order valence-electron chi connectivity index (χ3n) is 2.71. The normalized spacial score (nSPS) is 10.6. The van der Waals surface area contributed by atoms with Gasteiger partial charge in [0.2, 0.25) is 0 Å². The van der Waals surface area contributed by atoms with E-state index in [4.69, 9.17) is 17.3 Å². The predicted molar refractivity (Wildman–Crippen MR) is 79.6 cm³/mol. The summed E-state index contributed by atoms with van der Waals surface area (Å²) in [5.41, 5.74) is 9.62. The largest absolute Gasteiger partial charge is 0.398 e. The van der Waals surface area contributed by atoms with Gasteiger partial charge in [0.05, 0.1) is 21.4 Å². The number of hydrogen-bond acceptors (Lipinski definition) is 4. The fraction of sp³-hybridized carbons (Fsp3) is 0.308. The molecule has 3 nitrogen and oxygen atoms in total. The summed E-state index contributed by atoms with van der Waals surface area (Å²) < 4.78 is 0. The minimum Gasteiger partial charge on any atom is -0.398 e. The van der Waals surface area contributed by atoms with Gasteiger partial charge in [0.25, 0.3) is 0 Å². The topological polar surface area (TPSA) is 50.9 Å². The lowest BCUT2D eigenvalue weighted by atomic mass is 10.1. The first kappa shape index (κ1) is 13.2. The van der Waals surface area contributed by atoms with Gasteiger partial charge in [-0.2, -0.15) is 0 Å². The first-order valence-corrected chi connectivity index (χ1v) is 7.02. The van der Waals surface area contributed by atoms with Gasteiger partial charge in [-0.05, 0) is 31.5 Å². The van der Waals surface area contributed by atoms with Crippen LogP contribution in [0.15, 0.2) is 17.5 Å². The quantitative estimate of drug-likeness (QED) is 0.841. The summed E-state index contributed by atoms with van der Waals surface area (Å²) in [5.74, 6) is 0. The fourth-order valence-electron chi connectivity index (χ4n) is 1.74. The molecule has 1 aromatic heterocycles. The number of nitrogen functional groups attached to an aromatic ring is 1. The van der Waals surface area contributed by atoms with Crippen LogP contribution in [0.25, 0.3) is 0 Å². The zero-order chi connectivity index (χ0) is 13.1. The molecule has 0 saturated heterocycles. The Morgan fingerprint density at radius 3 is 2.83 bits per heavy atom. The average Bonchev–Trinajstić information content (AvgIpc) is 2.71. The summed E-state index contributed by atoms with van der Waals surface area (Å²) in [6.45, 7) is 4.87. The van der Waals surface area contributed by atoms with E-state index >= 15 is 0 Å². The van der Waals surface area contributed by atoms with Gasteiger partial charge in [-0.1, -0.05) is 11.6 Å². The van der Waals surface area contributed by atoms with E-state index in [1.54, 1.807) is 11.3 Å². The van der Waals surface area contributed by atoms with E-state index in [-0.39, 0.29) is 0 Å². The Kier molecular flexibility index (Phi) is 4.09. The van der Waals surface area contributed by atoms with Gasteiger partial charge in [0, 0.05) is 24.0 Å². The molecule has 2 rings (SSSR count). The lowest BCUT2D eigenvalue weighted by molar-refractivity contribution is 0.967. The van der Waals surface area contributed by atoms with Crippen LogP contribution in [0, 0.1) is 13.8 Å². The van der Waals surface area contributed by atoms with Gasteiger partial charge in [-0.25, -0.2) is 4.98 Å². The highest BCUT2D eigenvalue weighted by atomic mass is 35.5. The molecule has 0 amide bonds. The number of anilines is 2. The Morgan fingerprint density at radius 2 is 2.17 bits per heavy atom. The van der Waals surface area contributed by atoms with E-state index in [9.17, 15) is 0 Å². The summed E-state index contributed by atoms with van der Waals surface area (Å²) >= 11 is 7.69. The SMILES string of the molecule is Cc1nc(CCNc2cc(Cl)c(N)cc2C)cs1. The Labute approximate surface area is 116 Å². The van der Waals surface area contributed by atoms with Gasteiger partial charge in [0.1, 0.15) is 0 Å². The minimum atomic E-state index is 0.590. The van der Waals surface area contributed by atoms with Crippen molar-refractivity contribution in [2.45, 2.75) is 20.3 Å². The Morgan fingerprint density at radius 1 is 1.39 bits per heavy atom. The van der Waals surface area contributed by atoms with Crippen LogP contribution in [0.1, 0.15) is 16.3 Å². The van der Waals surface area contributed by atoms with Crippen LogP contribution in [0.4, 0.5) is 11.4 Å². The van der Waals surface area contributed by atoms with Gasteiger partial charge in [-0.3, -0.25) is 0 Å². The van der Waals surface area contributed by atoms with E-state index in [1.165, 1.54) is 0 Å². The summed E-state index contributed by atoms with van der Waals surface area (Å²) in [6, 6.07) is 3.76. The standard InChI is InChI=1S/C13H16ClN3S/c1-8-5-12(15)11(14)6-13(8)16-4-3-10-7-18-9(2)17-10/h5-7,16H,3-4,15H2,1-2H3. The van der Waals surface area contributed by atoms with Gasteiger partial charge < -0.3 is 11.1 Å². The molecule has 0 aliphatic heterocycles. The fourth-order valence-corrected chi connectivity index (χ4v) is 2.55. The lowest BCUT2D eigenvalue weighted by Gasteiger charge is -2.10. The van der Waals surface area contributed by atoms with Gasteiger partial charge in [-0.15, -0.1) is 11.3 Å². The summed E-state index contributed by atoms with van der Waals surface area (Å²) in [6.07, 6.45) is 0.909. The smallest absolute Gasteiger partial charge is 0.0897 e. The van der Waals surface area contributed by atoms with E-state index in [1.807, 2.05) is 26.0 Å². The molecule has 0 bridgehead atoms. The second-order valence-corrected chi connectivity index (χ2v) is 5.69. The number of nitrogens with two attached hydrogens (primary N) is 1. The number of rotatable bonds is 4. The van der Waals surface area contributed by atoms with Crippen LogP contribution < -0.4 is 11.1 Å². The Bertz CT molecular complexity index is 551. The highest BCUT2D eigenvalue weighted by Gasteiger charge is 2.04. The number of benzene rings is 1. The second-order valence-electron chi connectivity index (χ2n) is 4.22. The molecule has 2 aromatic rings. The van der Waals surface area contributed by atoms with Crippen LogP contribution in [-0.4, -0.2) is 11.5 Å². The molecule has 96 valence electrons. The second kappa shape index (κ2) is 5.59. The molecule has 0 atom stereocenters. The molecule has 1 aromatic carbocycles. The molecule has 0 radical (unpaired) electrons.